The van der Waals surface area contributed by atoms with E-state index in [1.807, 2.05) is 32.8 Å². The molecule has 2 N–H and O–H groups in total. The number of ether oxygens (including phenoxy) is 5. The fourth-order valence-electron chi connectivity index (χ4n) is 8.76. The first-order valence-electron chi connectivity index (χ1n) is 20.2. The van der Waals surface area contributed by atoms with Gasteiger partial charge in [-0.15, -0.1) is 0 Å². The maximum Gasteiger partial charge on any atom is 0.316 e. The Morgan fingerprint density at radius 3 is 2.50 bits per heavy atom. The van der Waals surface area contributed by atoms with Crippen LogP contribution in [0.2, 0.25) is 0 Å². The van der Waals surface area contributed by atoms with Crippen LogP contribution in [-0.2, 0) is 49.5 Å². The number of hydrogen-bond donors (Lipinski definition) is 2. The third-order valence-corrected chi connectivity index (χ3v) is 11.8. The van der Waals surface area contributed by atoms with Gasteiger partial charge >= 0.3 is 5.97 Å². The second-order valence-corrected chi connectivity index (χ2v) is 16.9. The third kappa shape index (κ3) is 10.00. The van der Waals surface area contributed by atoms with Gasteiger partial charge in [-0.3, -0.25) is 19.4 Å². The molecule has 2 bridgehead atoms. The molecule has 3 fully saturated rings. The first-order chi connectivity index (χ1) is 27.3. The van der Waals surface area contributed by atoms with Crippen molar-refractivity contribution in [1.29, 1.82) is 0 Å². The molecule has 1 amide bonds. The lowest BCUT2D eigenvalue weighted by atomic mass is 9.73. The van der Waals surface area contributed by atoms with Crippen LogP contribution in [0.4, 0.5) is 0 Å². The van der Waals surface area contributed by atoms with Crippen LogP contribution in [0.25, 0.3) is 5.65 Å². The molecular formula is C41H62N6O11. The average molecular weight is 815 g/mol. The van der Waals surface area contributed by atoms with Crippen molar-refractivity contribution >= 4 is 34.7 Å². The molecule has 17 nitrogen and oxygen atoms in total. The van der Waals surface area contributed by atoms with E-state index in [9.17, 15) is 24.6 Å². The molecule has 0 saturated carbocycles. The van der Waals surface area contributed by atoms with Crippen LogP contribution in [0.5, 0.6) is 0 Å². The summed E-state index contributed by atoms with van der Waals surface area (Å²) in [6, 6.07) is -0.324. The number of Topliss-reactive ketones (excluding diaryl/α,β-unsaturated/α-hetero) is 1. The number of aliphatic imine (C=N–C) groups is 1. The third-order valence-electron chi connectivity index (χ3n) is 11.8. The Morgan fingerprint density at radius 2 is 1.84 bits per heavy atom. The number of nitrogens with zero attached hydrogens (tertiary/aromatic N) is 6. The number of carbonyl (C=O) groups excluding carboxylic acids is 3. The second kappa shape index (κ2) is 18.7. The maximum atomic E-state index is 14.5. The molecule has 0 aromatic carbocycles. The second-order valence-electron chi connectivity index (χ2n) is 16.9. The van der Waals surface area contributed by atoms with E-state index >= 15 is 0 Å². The van der Waals surface area contributed by atoms with Crippen molar-refractivity contribution < 1.29 is 53.1 Å². The number of aliphatic hydroxyl groups is 2. The fraction of sp³-hybridized carbons (Fsp3) is 0.732. The summed E-state index contributed by atoms with van der Waals surface area (Å²) < 4.78 is 34.2. The van der Waals surface area contributed by atoms with Crippen LogP contribution in [0.3, 0.4) is 0 Å². The van der Waals surface area contributed by atoms with Gasteiger partial charge in [0.2, 0.25) is 5.91 Å². The van der Waals surface area contributed by atoms with Gasteiger partial charge in [0.05, 0.1) is 49.0 Å². The molecule has 0 unspecified atom stereocenters. The number of carbonyl (C=O) groups is 3. The highest BCUT2D eigenvalue weighted by atomic mass is 16.7. The summed E-state index contributed by atoms with van der Waals surface area (Å²) in [4.78, 5) is 62.0. The molecular weight excluding hydrogens is 752 g/mol. The van der Waals surface area contributed by atoms with Crippen LogP contribution in [0.1, 0.15) is 87.3 Å². The summed E-state index contributed by atoms with van der Waals surface area (Å²) in [7, 11) is 3.73. The summed E-state index contributed by atoms with van der Waals surface area (Å²) in [5.41, 5.74) is -1.34. The molecule has 3 saturated heterocycles. The molecule has 5 heterocycles. The zero-order chi connectivity index (χ0) is 42.7. The minimum atomic E-state index is -1.85. The largest absolute Gasteiger partial charge is 0.459 e. The van der Waals surface area contributed by atoms with Gasteiger partial charge in [0.1, 0.15) is 29.4 Å². The number of ketones is 1. The number of cyclic esters (lactones) is 1. The molecule has 58 heavy (non-hydrogen) atoms. The highest BCUT2D eigenvalue weighted by molar-refractivity contribution is 6.00. The molecule has 2 aromatic rings. The van der Waals surface area contributed by atoms with Gasteiger partial charge in [-0.2, -0.15) is 0 Å². The Hall–Kier alpha value is -3.71. The first kappa shape index (κ1) is 45.4. The molecule has 0 aliphatic carbocycles. The SMILES string of the molecule is CC[C@H]1OC(=O)[C@H](C)C(=O)[C@H](C)[C@@H](O[C@@H]2O[C@H](C)C[C@H](N(C)C)[C@H]2O)[C@@]2(C)C[C@@H](C)C(=NC(C)=O)[C@H](C)[C@H](OC/C(=N\OCc3cn4ccncc4n3)CO2)[C@]1(C)O. The van der Waals surface area contributed by atoms with Crippen molar-refractivity contribution in [2.75, 3.05) is 27.3 Å². The summed E-state index contributed by atoms with van der Waals surface area (Å²) in [5, 5.41) is 28.5. The van der Waals surface area contributed by atoms with Crippen molar-refractivity contribution in [3.8, 4) is 0 Å². The lowest BCUT2D eigenvalue weighted by Gasteiger charge is -2.47. The van der Waals surface area contributed by atoms with Gasteiger partial charge in [-0.1, -0.05) is 32.9 Å². The minimum absolute atomic E-state index is 0.00238. The summed E-state index contributed by atoms with van der Waals surface area (Å²) in [6.45, 7) is 14.7. The average Bonchev–Trinajstić information content (AvgIpc) is 3.58. The van der Waals surface area contributed by atoms with E-state index in [0.29, 0.717) is 23.5 Å². The van der Waals surface area contributed by atoms with Crippen molar-refractivity contribution in [1.82, 2.24) is 19.3 Å². The number of aliphatic hydroxyl groups excluding tert-OH is 1. The Balaban J connectivity index is 1.66. The summed E-state index contributed by atoms with van der Waals surface area (Å²) in [6.07, 6.45) is 1.71. The number of oxime groups is 1. The monoisotopic (exact) mass is 814 g/mol. The number of esters is 1. The number of aromatic nitrogens is 3. The summed E-state index contributed by atoms with van der Waals surface area (Å²) >= 11 is 0. The molecule has 0 spiro atoms. The van der Waals surface area contributed by atoms with Gasteiger partial charge in [-0.05, 0) is 67.0 Å². The zero-order valence-electron chi connectivity index (χ0n) is 35.7. The number of fused-ring (bicyclic) bond motifs is 6. The van der Waals surface area contributed by atoms with E-state index in [1.165, 1.54) is 20.8 Å². The summed E-state index contributed by atoms with van der Waals surface area (Å²) in [5.74, 6) is -5.33. The van der Waals surface area contributed by atoms with Gasteiger partial charge in [-0.25, -0.2) is 9.98 Å². The number of imidazole rings is 1. The lowest BCUT2D eigenvalue weighted by Crippen LogP contribution is -2.60. The fourth-order valence-corrected chi connectivity index (χ4v) is 8.76. The van der Waals surface area contributed by atoms with Crippen molar-refractivity contribution in [3.63, 3.8) is 0 Å². The van der Waals surface area contributed by atoms with E-state index < -0.39 is 83.2 Å². The number of amides is 1. The van der Waals surface area contributed by atoms with Crippen molar-refractivity contribution in [2.24, 2.45) is 33.8 Å². The minimum Gasteiger partial charge on any atom is -0.459 e. The standard InChI is InChI=1S/C41H62N6O11/c1-12-31-41(9,52)37-24(4)33(43-27(7)48)22(2)16-40(8,54-20-29(19-53-37)45-55-21-28-18-47-14-13-42-17-32(47)44-28)36(25(5)34(49)26(6)38(51)57-31)58-39-35(50)30(46(10)11)15-23(3)56-39/h13-14,17-18,22-26,30-31,35-37,39,50,52H,12,15-16,19-21H2,1-11H3/b43-33?,45-29+/t22-,23-,24+,25+,26-,30+,31-,35-,36-,37+,39+,40-,41-/m1/s1. The zero-order valence-corrected chi connectivity index (χ0v) is 35.7. The molecule has 2 aromatic heterocycles. The van der Waals surface area contributed by atoms with E-state index in [4.69, 9.17) is 28.5 Å². The number of rotatable bonds is 7. The van der Waals surface area contributed by atoms with Crippen LogP contribution < -0.4 is 0 Å². The Morgan fingerprint density at radius 1 is 1.12 bits per heavy atom. The van der Waals surface area contributed by atoms with Crippen LogP contribution in [0.15, 0.2) is 34.9 Å². The molecule has 322 valence electrons. The molecule has 13 atom stereocenters. The van der Waals surface area contributed by atoms with Gasteiger partial charge < -0.3 is 48.0 Å². The van der Waals surface area contributed by atoms with E-state index in [1.54, 1.807) is 56.9 Å². The number of hydrogen-bond acceptors (Lipinski definition) is 15. The normalized spacial score (nSPS) is 38.6. The van der Waals surface area contributed by atoms with Crippen molar-refractivity contribution in [3.05, 3.63) is 30.5 Å². The Bertz CT molecular complexity index is 1800. The van der Waals surface area contributed by atoms with Crippen LogP contribution in [0, 0.1) is 23.7 Å². The number of likely N-dealkylation sites (N-methyl/N-ethyl adjacent to an activating group) is 1. The molecule has 17 heteroatoms. The maximum absolute atomic E-state index is 14.5. The molecule has 5 rings (SSSR count). The van der Waals surface area contributed by atoms with Crippen LogP contribution >= 0.6 is 0 Å². The topological polar surface area (TPSA) is 205 Å². The Labute approximate surface area is 340 Å². The van der Waals surface area contributed by atoms with Gasteiger partial charge in [0.15, 0.2) is 24.3 Å². The van der Waals surface area contributed by atoms with Gasteiger partial charge in [0.25, 0.3) is 0 Å². The smallest absolute Gasteiger partial charge is 0.316 e. The predicted molar refractivity (Wildman–Crippen MR) is 212 cm³/mol. The van der Waals surface area contributed by atoms with E-state index in [2.05, 4.69) is 20.1 Å². The highest BCUT2D eigenvalue weighted by Gasteiger charge is 2.53. The molecule has 0 radical (unpaired) electrons. The van der Waals surface area contributed by atoms with E-state index in [-0.39, 0.29) is 50.5 Å². The van der Waals surface area contributed by atoms with Crippen LogP contribution in [-0.4, -0.2) is 140 Å². The highest BCUT2D eigenvalue weighted by Crippen LogP contribution is 2.40. The van der Waals surface area contributed by atoms with Crippen molar-refractivity contribution in [2.45, 2.75) is 142 Å². The molecule has 3 aliphatic heterocycles. The lowest BCUT2D eigenvalue weighted by molar-refractivity contribution is -0.296. The van der Waals surface area contributed by atoms with Gasteiger partial charge in [0, 0.05) is 49.1 Å². The van der Waals surface area contributed by atoms with E-state index in [0.717, 1.165) is 0 Å². The quantitative estimate of drug-likeness (QED) is 0.234. The predicted octanol–water partition coefficient (Wildman–Crippen LogP) is 3.16. The Kier molecular flexibility index (Phi) is 14.6. The molecule has 3 aliphatic rings. The first-order valence-corrected chi connectivity index (χ1v) is 20.2.